The van der Waals surface area contributed by atoms with Crippen molar-refractivity contribution in [2.45, 2.75) is 26.5 Å². The fourth-order valence-corrected chi connectivity index (χ4v) is 2.28. The summed E-state index contributed by atoms with van der Waals surface area (Å²) in [4.78, 5) is 12.1. The number of nitrogens with one attached hydrogen (secondary N) is 1. The molecule has 1 aromatic heterocycles. The highest BCUT2D eigenvalue weighted by molar-refractivity contribution is 6.35. The van der Waals surface area contributed by atoms with E-state index in [0.717, 1.165) is 5.56 Å². The van der Waals surface area contributed by atoms with Gasteiger partial charge >= 0.3 is 0 Å². The number of rotatable bonds is 6. The third-order valence-electron chi connectivity index (χ3n) is 2.78. The zero-order valence-corrected chi connectivity index (χ0v) is 13.8. The molecule has 2 rings (SSSR count). The van der Waals surface area contributed by atoms with Gasteiger partial charge < -0.3 is 15.8 Å². The first kappa shape index (κ1) is 16.7. The van der Waals surface area contributed by atoms with Crippen molar-refractivity contribution < 1.29 is 4.74 Å². The lowest BCUT2D eigenvalue weighted by Crippen LogP contribution is -2.23. The molecule has 0 amide bonds. The Morgan fingerprint density at radius 1 is 1.27 bits per heavy atom. The van der Waals surface area contributed by atoms with Crippen LogP contribution >= 0.6 is 23.2 Å². The number of hydrogen-bond acceptors (Lipinski definition) is 6. The zero-order valence-electron chi connectivity index (χ0n) is 12.3. The SMILES string of the molecule is Cc1nc(N)nc(NC(C)COCc2ccc(Cl)cc2Cl)n1. The van der Waals surface area contributed by atoms with Crippen molar-refractivity contribution in [2.24, 2.45) is 0 Å². The molecule has 1 heterocycles. The maximum atomic E-state index is 6.09. The van der Waals surface area contributed by atoms with Crippen molar-refractivity contribution in [1.82, 2.24) is 15.0 Å². The van der Waals surface area contributed by atoms with Gasteiger partial charge in [-0.1, -0.05) is 29.3 Å². The fourth-order valence-electron chi connectivity index (χ4n) is 1.81. The van der Waals surface area contributed by atoms with E-state index in [9.17, 15) is 0 Å². The Kier molecular flexibility index (Phi) is 5.76. The summed E-state index contributed by atoms with van der Waals surface area (Å²) in [7, 11) is 0. The molecule has 0 aliphatic rings. The van der Waals surface area contributed by atoms with Gasteiger partial charge in [-0.05, 0) is 31.5 Å². The van der Waals surface area contributed by atoms with E-state index in [-0.39, 0.29) is 12.0 Å². The molecule has 0 saturated heterocycles. The van der Waals surface area contributed by atoms with E-state index >= 15 is 0 Å². The Bertz CT molecular complexity index is 633. The summed E-state index contributed by atoms with van der Waals surface area (Å²) in [5.41, 5.74) is 6.47. The summed E-state index contributed by atoms with van der Waals surface area (Å²) >= 11 is 11.9. The molecule has 118 valence electrons. The molecule has 0 aliphatic carbocycles. The minimum atomic E-state index is 0.00674. The second-order valence-electron chi connectivity index (χ2n) is 4.86. The van der Waals surface area contributed by atoms with Crippen LogP contribution in [0.15, 0.2) is 18.2 Å². The van der Waals surface area contributed by atoms with E-state index in [2.05, 4.69) is 20.3 Å². The predicted octanol–water partition coefficient (Wildman–Crippen LogP) is 3.09. The number of anilines is 2. The Hall–Kier alpha value is -1.63. The number of benzene rings is 1. The van der Waals surface area contributed by atoms with Crippen molar-refractivity contribution in [3.05, 3.63) is 39.6 Å². The van der Waals surface area contributed by atoms with Crippen molar-refractivity contribution in [3.63, 3.8) is 0 Å². The van der Waals surface area contributed by atoms with Crippen LogP contribution in [0, 0.1) is 6.92 Å². The molecule has 6 nitrogen and oxygen atoms in total. The van der Waals surface area contributed by atoms with Gasteiger partial charge in [-0.3, -0.25) is 0 Å². The first-order valence-corrected chi connectivity index (χ1v) is 7.46. The highest BCUT2D eigenvalue weighted by Crippen LogP contribution is 2.21. The Balaban J connectivity index is 1.83. The molecule has 1 unspecified atom stereocenters. The number of hydrogen-bond donors (Lipinski definition) is 2. The highest BCUT2D eigenvalue weighted by atomic mass is 35.5. The van der Waals surface area contributed by atoms with Crippen LogP contribution in [-0.2, 0) is 11.3 Å². The lowest BCUT2D eigenvalue weighted by Gasteiger charge is -2.15. The lowest BCUT2D eigenvalue weighted by atomic mass is 10.2. The third-order valence-corrected chi connectivity index (χ3v) is 3.37. The molecule has 0 fully saturated rings. The second-order valence-corrected chi connectivity index (χ2v) is 5.70. The van der Waals surface area contributed by atoms with E-state index < -0.39 is 0 Å². The van der Waals surface area contributed by atoms with Crippen molar-refractivity contribution >= 4 is 35.1 Å². The third kappa shape index (κ3) is 4.98. The summed E-state index contributed by atoms with van der Waals surface area (Å²) in [6.45, 7) is 4.58. The monoisotopic (exact) mass is 341 g/mol. The standard InChI is InChI=1S/C14H17Cl2N5O/c1-8(18-14-20-9(2)19-13(17)21-14)6-22-7-10-3-4-11(15)5-12(10)16/h3-5,8H,6-7H2,1-2H3,(H3,17,18,19,20,21). The Labute approximate surface area is 139 Å². The molecular weight excluding hydrogens is 325 g/mol. The lowest BCUT2D eigenvalue weighted by molar-refractivity contribution is 0.115. The molecule has 0 saturated carbocycles. The second kappa shape index (κ2) is 7.58. The maximum Gasteiger partial charge on any atom is 0.228 e. The van der Waals surface area contributed by atoms with Gasteiger partial charge in [-0.25, -0.2) is 0 Å². The molecule has 1 aromatic carbocycles. The number of aromatic nitrogens is 3. The van der Waals surface area contributed by atoms with Gasteiger partial charge in [-0.15, -0.1) is 0 Å². The zero-order chi connectivity index (χ0) is 16.1. The van der Waals surface area contributed by atoms with E-state index in [1.807, 2.05) is 13.0 Å². The summed E-state index contributed by atoms with van der Waals surface area (Å²) in [6.07, 6.45) is 0. The summed E-state index contributed by atoms with van der Waals surface area (Å²) < 4.78 is 5.64. The normalized spacial score (nSPS) is 12.2. The number of nitrogens with zero attached hydrogens (tertiary/aromatic N) is 3. The number of halogens is 2. The van der Waals surface area contributed by atoms with Crippen molar-refractivity contribution in [1.29, 1.82) is 0 Å². The quantitative estimate of drug-likeness (QED) is 0.839. The topological polar surface area (TPSA) is 86.0 Å². The fraction of sp³-hybridized carbons (Fsp3) is 0.357. The van der Waals surface area contributed by atoms with E-state index in [0.29, 0.717) is 35.0 Å². The number of aryl methyl sites for hydroxylation is 1. The molecule has 2 aromatic rings. The van der Waals surface area contributed by atoms with Crippen molar-refractivity contribution in [3.8, 4) is 0 Å². The smallest absolute Gasteiger partial charge is 0.228 e. The molecule has 0 spiro atoms. The van der Waals surface area contributed by atoms with Crippen LogP contribution in [0.25, 0.3) is 0 Å². The van der Waals surface area contributed by atoms with Crippen LogP contribution in [-0.4, -0.2) is 27.6 Å². The van der Waals surface area contributed by atoms with E-state index in [1.54, 1.807) is 19.1 Å². The molecule has 1 atom stereocenters. The van der Waals surface area contributed by atoms with E-state index in [1.165, 1.54) is 0 Å². The van der Waals surface area contributed by atoms with Gasteiger partial charge in [-0.2, -0.15) is 15.0 Å². The van der Waals surface area contributed by atoms with Crippen LogP contribution in [0.2, 0.25) is 10.0 Å². The molecule has 0 radical (unpaired) electrons. The number of nitrogen functional groups attached to an aromatic ring is 1. The number of ether oxygens (including phenoxy) is 1. The molecule has 0 aliphatic heterocycles. The Morgan fingerprint density at radius 3 is 2.73 bits per heavy atom. The highest BCUT2D eigenvalue weighted by Gasteiger charge is 2.08. The predicted molar refractivity (Wildman–Crippen MR) is 88.2 cm³/mol. The van der Waals surface area contributed by atoms with Gasteiger partial charge in [0.15, 0.2) is 0 Å². The average Bonchev–Trinajstić information content (AvgIpc) is 2.40. The van der Waals surface area contributed by atoms with Gasteiger partial charge in [0.05, 0.1) is 13.2 Å². The molecular formula is C14H17Cl2N5O. The van der Waals surface area contributed by atoms with Gasteiger partial charge in [0.25, 0.3) is 0 Å². The molecule has 3 N–H and O–H groups in total. The summed E-state index contributed by atoms with van der Waals surface area (Å²) in [6, 6.07) is 5.33. The van der Waals surface area contributed by atoms with Gasteiger partial charge in [0.1, 0.15) is 5.82 Å². The molecule has 0 bridgehead atoms. The largest absolute Gasteiger partial charge is 0.375 e. The van der Waals surface area contributed by atoms with E-state index in [4.69, 9.17) is 33.7 Å². The van der Waals surface area contributed by atoms with Crippen LogP contribution in [0.3, 0.4) is 0 Å². The van der Waals surface area contributed by atoms with Crippen LogP contribution in [0.1, 0.15) is 18.3 Å². The Morgan fingerprint density at radius 2 is 2.05 bits per heavy atom. The summed E-state index contributed by atoms with van der Waals surface area (Å²) in [5, 5.41) is 4.31. The average molecular weight is 342 g/mol. The first-order valence-electron chi connectivity index (χ1n) is 6.70. The minimum absolute atomic E-state index is 0.00674. The minimum Gasteiger partial charge on any atom is -0.375 e. The van der Waals surface area contributed by atoms with Crippen LogP contribution in [0.4, 0.5) is 11.9 Å². The van der Waals surface area contributed by atoms with Crippen molar-refractivity contribution in [2.75, 3.05) is 17.7 Å². The van der Waals surface area contributed by atoms with Gasteiger partial charge in [0.2, 0.25) is 11.9 Å². The van der Waals surface area contributed by atoms with Crippen LogP contribution < -0.4 is 11.1 Å². The first-order chi connectivity index (χ1) is 10.4. The summed E-state index contributed by atoms with van der Waals surface area (Å²) in [5.74, 6) is 1.19. The molecule has 8 heteroatoms. The van der Waals surface area contributed by atoms with Crippen LogP contribution in [0.5, 0.6) is 0 Å². The number of nitrogens with two attached hydrogens (primary N) is 1. The molecule has 22 heavy (non-hydrogen) atoms. The van der Waals surface area contributed by atoms with Gasteiger partial charge in [0, 0.05) is 16.1 Å². The maximum absolute atomic E-state index is 6.09.